The van der Waals surface area contributed by atoms with E-state index in [1.54, 1.807) is 7.11 Å². The topological polar surface area (TPSA) is 61.0 Å². The van der Waals surface area contributed by atoms with Crippen LogP contribution in [0, 0.1) is 0 Å². The summed E-state index contributed by atoms with van der Waals surface area (Å²) < 4.78 is 5.16. The van der Waals surface area contributed by atoms with Crippen LogP contribution < -0.4 is 10.5 Å². The molecule has 0 aliphatic carbocycles. The van der Waals surface area contributed by atoms with Crippen LogP contribution >= 0.6 is 24.2 Å². The monoisotopic (exact) mass is 281 g/mol. The van der Waals surface area contributed by atoms with Gasteiger partial charge in [0.1, 0.15) is 22.5 Å². The van der Waals surface area contributed by atoms with Gasteiger partial charge in [-0.3, -0.25) is 0 Å². The van der Waals surface area contributed by atoms with Crippen molar-refractivity contribution < 1.29 is 4.74 Å². The second kappa shape index (κ2) is 5.46. The first-order chi connectivity index (χ1) is 8.60. The van der Waals surface area contributed by atoms with Gasteiger partial charge in [-0.1, -0.05) is 23.7 Å². The highest BCUT2D eigenvalue weighted by atomic mass is 35.5. The smallest absolute Gasteiger partial charge is 0.149 e. The number of ether oxygens (including phenoxy) is 1. The zero-order valence-electron chi connectivity index (χ0n) is 9.67. The van der Waals surface area contributed by atoms with Crippen LogP contribution in [0.2, 0.25) is 5.15 Å². The Morgan fingerprint density at radius 2 is 2.11 bits per heavy atom. The SMILES string of the molecule is COc1cccc(C(S)c2nc(N)cc(Cl)n2)c1. The van der Waals surface area contributed by atoms with Crippen LogP contribution in [0.4, 0.5) is 5.82 Å². The molecule has 0 spiro atoms. The number of benzene rings is 1. The van der Waals surface area contributed by atoms with E-state index in [1.807, 2.05) is 24.3 Å². The standard InChI is InChI=1S/C12H12ClN3OS/c1-17-8-4-2-3-7(5-8)11(18)12-15-9(13)6-10(14)16-12/h2-6,11,18H,1H3,(H2,14,15,16). The minimum Gasteiger partial charge on any atom is -0.497 e. The van der Waals surface area contributed by atoms with Gasteiger partial charge in [0.25, 0.3) is 0 Å². The van der Waals surface area contributed by atoms with Crippen molar-refractivity contribution >= 4 is 30.0 Å². The maximum absolute atomic E-state index is 5.85. The highest BCUT2D eigenvalue weighted by molar-refractivity contribution is 7.80. The van der Waals surface area contributed by atoms with Crippen molar-refractivity contribution in [3.8, 4) is 5.75 Å². The van der Waals surface area contributed by atoms with Gasteiger partial charge in [-0.05, 0) is 17.7 Å². The zero-order valence-corrected chi connectivity index (χ0v) is 11.3. The number of halogens is 1. The molecule has 0 aliphatic rings. The number of aromatic nitrogens is 2. The minimum atomic E-state index is -0.305. The van der Waals surface area contributed by atoms with Gasteiger partial charge in [0.15, 0.2) is 0 Å². The van der Waals surface area contributed by atoms with Crippen LogP contribution in [0.15, 0.2) is 30.3 Å². The number of nitrogens with zero attached hydrogens (tertiary/aromatic N) is 2. The third kappa shape index (κ3) is 2.86. The molecular weight excluding hydrogens is 270 g/mol. The summed E-state index contributed by atoms with van der Waals surface area (Å²) in [7, 11) is 1.61. The molecule has 0 radical (unpaired) electrons. The molecule has 4 nitrogen and oxygen atoms in total. The first-order valence-electron chi connectivity index (χ1n) is 5.22. The average molecular weight is 282 g/mol. The van der Waals surface area contributed by atoms with Gasteiger partial charge in [0, 0.05) is 6.07 Å². The van der Waals surface area contributed by atoms with Gasteiger partial charge in [0.2, 0.25) is 0 Å². The Morgan fingerprint density at radius 1 is 1.33 bits per heavy atom. The second-order valence-corrected chi connectivity index (χ2v) is 4.56. The summed E-state index contributed by atoms with van der Waals surface area (Å²) in [6.07, 6.45) is 0. The summed E-state index contributed by atoms with van der Waals surface area (Å²) in [5.41, 5.74) is 6.55. The molecule has 1 aromatic heterocycles. The van der Waals surface area contributed by atoms with Crippen LogP contribution in [0.5, 0.6) is 5.75 Å². The van der Waals surface area contributed by atoms with E-state index in [0.29, 0.717) is 16.8 Å². The van der Waals surface area contributed by atoms with Gasteiger partial charge in [-0.2, -0.15) is 12.6 Å². The Balaban J connectivity index is 2.37. The summed E-state index contributed by atoms with van der Waals surface area (Å²) in [6.45, 7) is 0. The van der Waals surface area contributed by atoms with E-state index in [4.69, 9.17) is 22.1 Å². The first-order valence-corrected chi connectivity index (χ1v) is 6.11. The van der Waals surface area contributed by atoms with E-state index in [2.05, 4.69) is 22.6 Å². The predicted octanol–water partition coefficient (Wildman–Crippen LogP) is 2.74. The van der Waals surface area contributed by atoms with Crippen molar-refractivity contribution in [2.45, 2.75) is 5.25 Å². The minimum absolute atomic E-state index is 0.305. The third-order valence-electron chi connectivity index (χ3n) is 2.39. The molecule has 1 heterocycles. The van der Waals surface area contributed by atoms with Crippen LogP contribution in [-0.4, -0.2) is 17.1 Å². The quantitative estimate of drug-likeness (QED) is 0.671. The largest absolute Gasteiger partial charge is 0.497 e. The number of methoxy groups -OCH3 is 1. The molecule has 0 fully saturated rings. The van der Waals surface area contributed by atoms with E-state index in [9.17, 15) is 0 Å². The van der Waals surface area contributed by atoms with Gasteiger partial charge >= 0.3 is 0 Å². The fourth-order valence-corrected chi connectivity index (χ4v) is 2.01. The number of nitrogens with two attached hydrogens (primary N) is 1. The maximum Gasteiger partial charge on any atom is 0.149 e. The van der Waals surface area contributed by atoms with Gasteiger partial charge in [-0.15, -0.1) is 0 Å². The Bertz CT molecular complexity index is 545. The number of anilines is 1. The molecule has 2 N–H and O–H groups in total. The molecule has 6 heteroatoms. The predicted molar refractivity (Wildman–Crippen MR) is 75.3 cm³/mol. The lowest BCUT2D eigenvalue weighted by molar-refractivity contribution is 0.414. The average Bonchev–Trinajstić information content (AvgIpc) is 2.37. The lowest BCUT2D eigenvalue weighted by Crippen LogP contribution is -2.03. The van der Waals surface area contributed by atoms with Crippen molar-refractivity contribution in [3.63, 3.8) is 0 Å². The number of nitrogen functional groups attached to an aromatic ring is 1. The van der Waals surface area contributed by atoms with Crippen molar-refractivity contribution in [2.75, 3.05) is 12.8 Å². The molecule has 0 saturated carbocycles. The van der Waals surface area contributed by atoms with Gasteiger partial charge in [0.05, 0.1) is 12.4 Å². The second-order valence-electron chi connectivity index (χ2n) is 3.65. The molecule has 2 aromatic rings. The first kappa shape index (κ1) is 13.0. The summed E-state index contributed by atoms with van der Waals surface area (Å²) in [4.78, 5) is 8.25. The van der Waals surface area contributed by atoms with E-state index in [0.717, 1.165) is 11.3 Å². The molecule has 2 rings (SSSR count). The molecule has 0 aliphatic heterocycles. The van der Waals surface area contributed by atoms with E-state index < -0.39 is 0 Å². The summed E-state index contributed by atoms with van der Waals surface area (Å²) in [6, 6.07) is 9.03. The van der Waals surface area contributed by atoms with Crippen molar-refractivity contribution in [3.05, 3.63) is 46.9 Å². The van der Waals surface area contributed by atoms with Crippen molar-refractivity contribution in [1.29, 1.82) is 0 Å². The lowest BCUT2D eigenvalue weighted by atomic mass is 10.1. The number of hydrogen-bond donors (Lipinski definition) is 2. The molecule has 0 saturated heterocycles. The molecule has 0 amide bonds. The Labute approximate surface area is 116 Å². The van der Waals surface area contributed by atoms with E-state index in [-0.39, 0.29) is 5.25 Å². The Kier molecular flexibility index (Phi) is 3.93. The number of hydrogen-bond acceptors (Lipinski definition) is 5. The highest BCUT2D eigenvalue weighted by Gasteiger charge is 2.14. The molecular formula is C12H12ClN3OS. The van der Waals surface area contributed by atoms with Gasteiger partial charge < -0.3 is 10.5 Å². The number of rotatable bonds is 3. The Hall–Kier alpha value is -1.46. The maximum atomic E-state index is 5.85. The molecule has 94 valence electrons. The van der Waals surface area contributed by atoms with Crippen molar-refractivity contribution in [1.82, 2.24) is 9.97 Å². The van der Waals surface area contributed by atoms with E-state index >= 15 is 0 Å². The normalized spacial score (nSPS) is 12.2. The summed E-state index contributed by atoms with van der Waals surface area (Å²) in [5.74, 6) is 1.55. The molecule has 18 heavy (non-hydrogen) atoms. The fourth-order valence-electron chi connectivity index (χ4n) is 1.54. The Morgan fingerprint density at radius 3 is 2.78 bits per heavy atom. The molecule has 1 unspecified atom stereocenters. The van der Waals surface area contributed by atoms with Crippen LogP contribution in [-0.2, 0) is 0 Å². The summed E-state index contributed by atoms with van der Waals surface area (Å²) in [5, 5.41) is 0.000506. The molecule has 1 aromatic carbocycles. The number of thiol groups is 1. The fraction of sp³-hybridized carbons (Fsp3) is 0.167. The van der Waals surface area contributed by atoms with Crippen molar-refractivity contribution in [2.24, 2.45) is 0 Å². The summed E-state index contributed by atoms with van der Waals surface area (Å²) >= 11 is 10.3. The van der Waals surface area contributed by atoms with Gasteiger partial charge in [-0.25, -0.2) is 9.97 Å². The molecule has 0 bridgehead atoms. The lowest BCUT2D eigenvalue weighted by Gasteiger charge is -2.11. The van der Waals surface area contributed by atoms with E-state index in [1.165, 1.54) is 6.07 Å². The molecule has 1 atom stereocenters. The van der Waals surface area contributed by atoms with Crippen LogP contribution in [0.1, 0.15) is 16.6 Å². The third-order valence-corrected chi connectivity index (χ3v) is 3.11. The van der Waals surface area contributed by atoms with Crippen LogP contribution in [0.3, 0.4) is 0 Å². The van der Waals surface area contributed by atoms with Crippen LogP contribution in [0.25, 0.3) is 0 Å². The highest BCUT2D eigenvalue weighted by Crippen LogP contribution is 2.29. The zero-order chi connectivity index (χ0) is 13.1.